The largest absolute Gasteiger partial charge is 0.327 e. The maximum atomic E-state index is 12.2. The first-order valence-electron chi connectivity index (χ1n) is 6.86. The maximum absolute atomic E-state index is 12.2. The third kappa shape index (κ3) is 2.98. The van der Waals surface area contributed by atoms with E-state index in [0.29, 0.717) is 5.03 Å². The maximum Gasteiger partial charge on any atom is 0.266 e. The van der Waals surface area contributed by atoms with Gasteiger partial charge in [-0.3, -0.25) is 4.79 Å². The topological polar surface area (TPSA) is 56.1 Å². The SMILES string of the molecule is N#CC1=C(S)N(c2ccccc2)C(c2cccc(Br)c2)NC1=O. The minimum Gasteiger partial charge on any atom is -0.327 e. The molecule has 0 saturated heterocycles. The van der Waals surface area contributed by atoms with Gasteiger partial charge in [-0.05, 0) is 29.8 Å². The van der Waals surface area contributed by atoms with E-state index in [2.05, 4.69) is 33.9 Å². The zero-order chi connectivity index (χ0) is 16.4. The van der Waals surface area contributed by atoms with Crippen molar-refractivity contribution in [1.82, 2.24) is 5.32 Å². The minimum absolute atomic E-state index is 0.00318. The molecule has 0 aliphatic carbocycles. The van der Waals surface area contributed by atoms with Crippen molar-refractivity contribution in [3.8, 4) is 6.07 Å². The smallest absolute Gasteiger partial charge is 0.266 e. The molecule has 23 heavy (non-hydrogen) atoms. The summed E-state index contributed by atoms with van der Waals surface area (Å²) in [5, 5.41) is 12.5. The molecule has 1 amide bonds. The molecule has 114 valence electrons. The molecule has 3 rings (SSSR count). The summed E-state index contributed by atoms with van der Waals surface area (Å²) in [5.41, 5.74) is 1.73. The second-order valence-corrected chi connectivity index (χ2v) is 6.29. The molecule has 0 bridgehead atoms. The molecule has 1 N–H and O–H groups in total. The number of hydrogen-bond acceptors (Lipinski definition) is 4. The number of amides is 1. The van der Waals surface area contributed by atoms with E-state index in [-0.39, 0.29) is 5.57 Å². The lowest BCUT2D eigenvalue weighted by Gasteiger charge is -2.38. The van der Waals surface area contributed by atoms with Crippen LogP contribution >= 0.6 is 28.6 Å². The fourth-order valence-corrected chi connectivity index (χ4v) is 3.27. The van der Waals surface area contributed by atoms with Gasteiger partial charge in [0.2, 0.25) is 0 Å². The van der Waals surface area contributed by atoms with Gasteiger partial charge in [-0.15, -0.1) is 12.6 Å². The number of anilines is 1. The molecular formula is C17H12BrN3OS. The number of para-hydroxylation sites is 1. The summed E-state index contributed by atoms with van der Waals surface area (Å²) in [7, 11) is 0. The van der Waals surface area contributed by atoms with Gasteiger partial charge in [0.1, 0.15) is 17.8 Å². The predicted molar refractivity (Wildman–Crippen MR) is 95.6 cm³/mol. The third-order valence-electron chi connectivity index (χ3n) is 3.52. The molecular weight excluding hydrogens is 374 g/mol. The number of nitrogens with one attached hydrogen (secondary N) is 1. The van der Waals surface area contributed by atoms with Crippen molar-refractivity contribution in [1.29, 1.82) is 5.26 Å². The number of carbonyl (C=O) groups is 1. The normalized spacial score (nSPS) is 17.7. The van der Waals surface area contributed by atoms with Gasteiger partial charge < -0.3 is 10.2 Å². The van der Waals surface area contributed by atoms with Crippen LogP contribution in [-0.2, 0) is 4.79 Å². The zero-order valence-corrected chi connectivity index (χ0v) is 14.4. The molecule has 1 aliphatic heterocycles. The van der Waals surface area contributed by atoms with Crippen LogP contribution in [0.1, 0.15) is 11.7 Å². The fraction of sp³-hybridized carbons (Fsp3) is 0.0588. The van der Waals surface area contributed by atoms with Crippen molar-refractivity contribution in [2.45, 2.75) is 6.17 Å². The number of carbonyl (C=O) groups excluding carboxylic acids is 1. The molecule has 1 unspecified atom stereocenters. The molecule has 1 aliphatic rings. The average Bonchev–Trinajstić information content (AvgIpc) is 2.55. The van der Waals surface area contributed by atoms with Gasteiger partial charge in [-0.1, -0.05) is 46.3 Å². The summed E-state index contributed by atoms with van der Waals surface area (Å²) >= 11 is 7.89. The number of rotatable bonds is 2. The van der Waals surface area contributed by atoms with Crippen LogP contribution in [0, 0.1) is 11.3 Å². The second kappa shape index (κ2) is 6.49. The number of hydrogen-bond donors (Lipinski definition) is 2. The highest BCUT2D eigenvalue weighted by molar-refractivity contribution is 9.10. The van der Waals surface area contributed by atoms with E-state index in [1.807, 2.05) is 65.6 Å². The van der Waals surface area contributed by atoms with Gasteiger partial charge >= 0.3 is 0 Å². The molecule has 4 nitrogen and oxygen atoms in total. The third-order valence-corrected chi connectivity index (χ3v) is 4.45. The summed E-state index contributed by atoms with van der Waals surface area (Å²) in [6.45, 7) is 0. The van der Waals surface area contributed by atoms with E-state index in [1.54, 1.807) is 0 Å². The molecule has 0 radical (unpaired) electrons. The molecule has 0 fully saturated rings. The highest BCUT2D eigenvalue weighted by atomic mass is 79.9. The lowest BCUT2D eigenvalue weighted by Crippen LogP contribution is -2.46. The molecule has 6 heteroatoms. The summed E-state index contributed by atoms with van der Waals surface area (Å²) in [4.78, 5) is 14.0. The van der Waals surface area contributed by atoms with E-state index in [1.165, 1.54) is 0 Å². The number of nitriles is 1. The Morgan fingerprint density at radius 2 is 1.91 bits per heavy atom. The molecule has 0 spiro atoms. The lowest BCUT2D eigenvalue weighted by atomic mass is 10.1. The van der Waals surface area contributed by atoms with Crippen LogP contribution in [0.25, 0.3) is 0 Å². The lowest BCUT2D eigenvalue weighted by molar-refractivity contribution is -0.118. The number of benzene rings is 2. The van der Waals surface area contributed by atoms with Gasteiger partial charge in [0, 0.05) is 10.2 Å². The van der Waals surface area contributed by atoms with E-state index >= 15 is 0 Å². The van der Waals surface area contributed by atoms with Crippen molar-refractivity contribution in [3.05, 3.63) is 75.2 Å². The van der Waals surface area contributed by atoms with Crippen molar-refractivity contribution >= 4 is 40.2 Å². The van der Waals surface area contributed by atoms with Crippen LogP contribution in [-0.4, -0.2) is 5.91 Å². The van der Waals surface area contributed by atoms with Gasteiger partial charge in [-0.2, -0.15) is 5.26 Å². The van der Waals surface area contributed by atoms with Crippen molar-refractivity contribution in [2.75, 3.05) is 4.90 Å². The van der Waals surface area contributed by atoms with Crippen LogP contribution in [0.3, 0.4) is 0 Å². The summed E-state index contributed by atoms with van der Waals surface area (Å²) in [6, 6.07) is 19.1. The van der Waals surface area contributed by atoms with Gasteiger partial charge in [0.15, 0.2) is 0 Å². The number of nitrogens with zero attached hydrogens (tertiary/aromatic N) is 2. The Morgan fingerprint density at radius 1 is 1.17 bits per heavy atom. The van der Waals surface area contributed by atoms with E-state index in [4.69, 9.17) is 0 Å². The number of halogens is 1. The molecule has 2 aromatic carbocycles. The van der Waals surface area contributed by atoms with Gasteiger partial charge in [-0.25, -0.2) is 0 Å². The quantitative estimate of drug-likeness (QED) is 0.773. The Kier molecular flexibility index (Phi) is 4.42. The van der Waals surface area contributed by atoms with Gasteiger partial charge in [0.05, 0.1) is 5.03 Å². The highest BCUT2D eigenvalue weighted by Gasteiger charge is 2.33. The monoisotopic (exact) mass is 385 g/mol. The van der Waals surface area contributed by atoms with Crippen LogP contribution in [0.4, 0.5) is 5.69 Å². The highest BCUT2D eigenvalue weighted by Crippen LogP contribution is 2.35. The van der Waals surface area contributed by atoms with E-state index in [0.717, 1.165) is 15.7 Å². The van der Waals surface area contributed by atoms with E-state index in [9.17, 15) is 10.1 Å². The second-order valence-electron chi connectivity index (χ2n) is 4.95. The standard InChI is InChI=1S/C17H12BrN3OS/c18-12-6-4-5-11(9-12)15-20-16(22)14(10-19)17(23)21(15)13-7-2-1-3-8-13/h1-9,15,23H,(H,20,22). The molecule has 1 atom stereocenters. The molecule has 2 aromatic rings. The van der Waals surface area contributed by atoms with Crippen LogP contribution in [0.15, 0.2) is 69.7 Å². The summed E-state index contributed by atoms with van der Waals surface area (Å²) in [5.74, 6) is -0.422. The summed E-state index contributed by atoms with van der Waals surface area (Å²) < 4.78 is 0.910. The van der Waals surface area contributed by atoms with Crippen LogP contribution in [0.5, 0.6) is 0 Å². The average molecular weight is 386 g/mol. The Morgan fingerprint density at radius 3 is 2.57 bits per heavy atom. The van der Waals surface area contributed by atoms with Crippen LogP contribution < -0.4 is 10.2 Å². The Hall–Kier alpha value is -2.23. The Labute approximate surface area is 148 Å². The van der Waals surface area contributed by atoms with Crippen molar-refractivity contribution in [2.24, 2.45) is 0 Å². The predicted octanol–water partition coefficient (Wildman–Crippen LogP) is 3.75. The first-order chi connectivity index (χ1) is 11.1. The van der Waals surface area contributed by atoms with Gasteiger partial charge in [0.25, 0.3) is 5.91 Å². The molecule has 1 heterocycles. The first kappa shape index (κ1) is 15.7. The van der Waals surface area contributed by atoms with Crippen molar-refractivity contribution < 1.29 is 4.79 Å². The minimum atomic E-state index is -0.438. The fourth-order valence-electron chi connectivity index (χ4n) is 2.47. The van der Waals surface area contributed by atoms with Crippen LogP contribution in [0.2, 0.25) is 0 Å². The summed E-state index contributed by atoms with van der Waals surface area (Å²) in [6.07, 6.45) is -0.438. The first-order valence-corrected chi connectivity index (χ1v) is 8.10. The Bertz CT molecular complexity index is 829. The Balaban J connectivity index is 2.16. The zero-order valence-electron chi connectivity index (χ0n) is 11.9. The van der Waals surface area contributed by atoms with E-state index < -0.39 is 12.1 Å². The number of thiol groups is 1. The van der Waals surface area contributed by atoms with Crippen molar-refractivity contribution in [3.63, 3.8) is 0 Å². The molecule has 0 saturated carbocycles. The molecule has 0 aromatic heterocycles.